The average molecular weight is 504 g/mol. The van der Waals surface area contributed by atoms with Crippen LogP contribution in [0.25, 0.3) is 11.3 Å². The minimum Gasteiger partial charge on any atom is -0.375 e. The Morgan fingerprint density at radius 2 is 2.14 bits per heavy atom. The summed E-state index contributed by atoms with van der Waals surface area (Å²) in [5.74, 6) is 0.404. The second kappa shape index (κ2) is 11.6. The van der Waals surface area contributed by atoms with Crippen LogP contribution in [0.5, 0.6) is 0 Å². The molecule has 2 aliphatic heterocycles. The molecule has 0 unspecified atom stereocenters. The second-order valence-electron chi connectivity index (χ2n) is 9.59. The van der Waals surface area contributed by atoms with Crippen LogP contribution in [0.4, 0.5) is 16.0 Å². The number of halogens is 2. The van der Waals surface area contributed by atoms with Crippen molar-refractivity contribution in [2.45, 2.75) is 58.0 Å². The fraction of sp³-hybridized carbons (Fsp3) is 0.577. The Hall–Kier alpha value is -2.29. The number of hydrogen-bond donors (Lipinski definition) is 3. The first-order chi connectivity index (χ1) is 16.9. The first kappa shape index (κ1) is 25.8. The monoisotopic (exact) mass is 503 g/mol. The van der Waals surface area contributed by atoms with E-state index in [1.807, 2.05) is 0 Å². The molecule has 7 nitrogen and oxygen atoms in total. The van der Waals surface area contributed by atoms with Gasteiger partial charge >= 0.3 is 0 Å². The van der Waals surface area contributed by atoms with Crippen LogP contribution in [-0.4, -0.2) is 47.7 Å². The van der Waals surface area contributed by atoms with Crippen molar-refractivity contribution in [2.24, 2.45) is 11.8 Å². The maximum absolute atomic E-state index is 14.6. The first-order valence-corrected chi connectivity index (χ1v) is 13.0. The van der Waals surface area contributed by atoms with E-state index in [9.17, 15) is 9.18 Å². The molecule has 35 heavy (non-hydrogen) atoms. The minimum absolute atomic E-state index is 0.0703. The van der Waals surface area contributed by atoms with Gasteiger partial charge in [0.15, 0.2) is 11.6 Å². The highest BCUT2D eigenvalue weighted by molar-refractivity contribution is 6.33. The first-order valence-electron chi connectivity index (χ1n) is 12.6. The Kier molecular flexibility index (Phi) is 8.57. The summed E-state index contributed by atoms with van der Waals surface area (Å²) in [6, 6.07) is 4.67. The molecule has 2 saturated heterocycles. The van der Waals surface area contributed by atoms with Crippen molar-refractivity contribution in [1.29, 1.82) is 0 Å². The van der Waals surface area contributed by atoms with Crippen molar-refractivity contribution < 1.29 is 13.9 Å². The molecule has 0 aliphatic carbocycles. The predicted octanol–water partition coefficient (Wildman–Crippen LogP) is 5.27. The summed E-state index contributed by atoms with van der Waals surface area (Å²) in [4.78, 5) is 21.4. The average Bonchev–Trinajstić information content (AvgIpc) is 2.90. The van der Waals surface area contributed by atoms with Crippen molar-refractivity contribution in [1.82, 2.24) is 15.3 Å². The van der Waals surface area contributed by atoms with Crippen LogP contribution in [0.2, 0.25) is 5.02 Å². The number of ether oxygens (including phenoxy) is 1. The molecule has 0 spiro atoms. The molecule has 2 atom stereocenters. The van der Waals surface area contributed by atoms with E-state index in [-0.39, 0.29) is 23.2 Å². The maximum Gasteiger partial charge on any atom is 0.229 e. The third-order valence-corrected chi connectivity index (χ3v) is 7.64. The van der Waals surface area contributed by atoms with Crippen LogP contribution in [0.1, 0.15) is 52.4 Å². The molecule has 1 amide bonds. The van der Waals surface area contributed by atoms with Gasteiger partial charge in [0.1, 0.15) is 5.82 Å². The molecule has 2 aromatic heterocycles. The lowest BCUT2D eigenvalue weighted by molar-refractivity contribution is -0.120. The van der Waals surface area contributed by atoms with Gasteiger partial charge in [-0.3, -0.25) is 4.79 Å². The summed E-state index contributed by atoms with van der Waals surface area (Å²) in [5.41, 5.74) is 1.01. The van der Waals surface area contributed by atoms with Crippen LogP contribution in [0.15, 0.2) is 24.4 Å². The third kappa shape index (κ3) is 6.29. The van der Waals surface area contributed by atoms with Gasteiger partial charge < -0.3 is 20.7 Å². The molecule has 2 fully saturated rings. The van der Waals surface area contributed by atoms with Crippen molar-refractivity contribution in [3.8, 4) is 11.3 Å². The fourth-order valence-electron chi connectivity index (χ4n) is 5.01. The minimum atomic E-state index is -0.415. The molecule has 2 aromatic rings. The molecule has 9 heteroatoms. The van der Waals surface area contributed by atoms with Gasteiger partial charge in [-0.2, -0.15) is 0 Å². The van der Waals surface area contributed by atoms with Crippen molar-refractivity contribution in [3.05, 3.63) is 35.2 Å². The van der Waals surface area contributed by atoms with Crippen molar-refractivity contribution in [3.63, 3.8) is 0 Å². The summed E-state index contributed by atoms with van der Waals surface area (Å²) in [6.45, 7) is 7.26. The lowest BCUT2D eigenvalue weighted by atomic mass is 9.82. The number of rotatable bonds is 8. The van der Waals surface area contributed by atoms with Crippen LogP contribution >= 0.6 is 11.6 Å². The summed E-state index contributed by atoms with van der Waals surface area (Å²) >= 11 is 6.42. The summed E-state index contributed by atoms with van der Waals surface area (Å²) in [5, 5.41) is 9.72. The zero-order valence-corrected chi connectivity index (χ0v) is 21.3. The van der Waals surface area contributed by atoms with Gasteiger partial charge in [0.05, 0.1) is 22.2 Å². The highest BCUT2D eigenvalue weighted by atomic mass is 35.5. The largest absolute Gasteiger partial charge is 0.375 e. The number of aromatic nitrogens is 2. The fourth-order valence-corrected chi connectivity index (χ4v) is 5.21. The Balaban J connectivity index is 1.46. The van der Waals surface area contributed by atoms with E-state index in [0.717, 1.165) is 51.7 Å². The zero-order valence-electron chi connectivity index (χ0n) is 20.5. The molecule has 4 rings (SSSR count). The van der Waals surface area contributed by atoms with E-state index in [1.165, 1.54) is 12.3 Å². The molecule has 4 heterocycles. The van der Waals surface area contributed by atoms with Gasteiger partial charge in [-0.25, -0.2) is 14.4 Å². The van der Waals surface area contributed by atoms with Crippen molar-refractivity contribution >= 4 is 29.1 Å². The van der Waals surface area contributed by atoms with E-state index in [4.69, 9.17) is 16.3 Å². The number of carbonyl (C=O) groups is 1. The number of nitrogens with one attached hydrogen (secondary N) is 3. The van der Waals surface area contributed by atoms with Gasteiger partial charge in [0.25, 0.3) is 0 Å². The molecule has 0 bridgehead atoms. The van der Waals surface area contributed by atoms with Gasteiger partial charge in [-0.05, 0) is 69.2 Å². The van der Waals surface area contributed by atoms with Crippen LogP contribution in [0.3, 0.4) is 0 Å². The Labute approximate surface area is 211 Å². The summed E-state index contributed by atoms with van der Waals surface area (Å²) < 4.78 is 20.7. The maximum atomic E-state index is 14.6. The molecular weight excluding hydrogens is 469 g/mol. The Bertz CT molecular complexity index is 1030. The number of carbonyl (C=O) groups excluding carboxylic acids is 1. The quantitative estimate of drug-likeness (QED) is 0.454. The molecule has 3 N–H and O–H groups in total. The van der Waals surface area contributed by atoms with E-state index in [2.05, 4.69) is 39.8 Å². The lowest BCUT2D eigenvalue weighted by Gasteiger charge is -2.40. The Morgan fingerprint density at radius 1 is 1.31 bits per heavy atom. The SMILES string of the molecule is CCC1(CC)C[C@H](CNc2nc(-c3cc(NC(=O)[C@@H]4CCCNC4)ncc3Cl)ccc2F)CCO1. The van der Waals surface area contributed by atoms with Crippen molar-refractivity contribution in [2.75, 3.05) is 36.9 Å². The molecule has 0 radical (unpaired) electrons. The molecule has 0 saturated carbocycles. The Morgan fingerprint density at radius 3 is 2.89 bits per heavy atom. The van der Waals surface area contributed by atoms with E-state index >= 15 is 0 Å². The van der Waals surface area contributed by atoms with Gasteiger partial charge in [0, 0.05) is 31.5 Å². The number of amides is 1. The normalized spacial score (nSPS) is 21.9. The number of pyridine rings is 2. The number of hydrogen-bond acceptors (Lipinski definition) is 6. The van der Waals surface area contributed by atoms with Crippen LogP contribution in [0, 0.1) is 17.7 Å². The van der Waals surface area contributed by atoms with E-state index in [1.54, 1.807) is 12.1 Å². The second-order valence-corrected chi connectivity index (χ2v) is 9.99. The molecule has 190 valence electrons. The summed E-state index contributed by atoms with van der Waals surface area (Å²) in [6.07, 6.45) is 7.13. The highest BCUT2D eigenvalue weighted by Crippen LogP contribution is 2.35. The smallest absolute Gasteiger partial charge is 0.229 e. The molecular formula is C26H35ClFN5O2. The van der Waals surface area contributed by atoms with Gasteiger partial charge in [0.2, 0.25) is 5.91 Å². The van der Waals surface area contributed by atoms with Gasteiger partial charge in [-0.1, -0.05) is 25.4 Å². The molecule has 2 aliphatic rings. The topological polar surface area (TPSA) is 88.2 Å². The molecule has 0 aromatic carbocycles. The number of piperidine rings is 1. The lowest BCUT2D eigenvalue weighted by Crippen LogP contribution is -2.40. The predicted molar refractivity (Wildman–Crippen MR) is 137 cm³/mol. The van der Waals surface area contributed by atoms with E-state index < -0.39 is 5.82 Å². The van der Waals surface area contributed by atoms with E-state index in [0.29, 0.717) is 41.1 Å². The van der Waals surface area contributed by atoms with Crippen LogP contribution < -0.4 is 16.0 Å². The number of nitrogens with zero attached hydrogens (tertiary/aromatic N) is 2. The zero-order chi connectivity index (χ0) is 24.8. The number of anilines is 2. The highest BCUT2D eigenvalue weighted by Gasteiger charge is 2.34. The third-order valence-electron chi connectivity index (χ3n) is 7.34. The van der Waals surface area contributed by atoms with Gasteiger partial charge in [-0.15, -0.1) is 0 Å². The summed E-state index contributed by atoms with van der Waals surface area (Å²) in [7, 11) is 0. The van der Waals surface area contributed by atoms with Crippen LogP contribution in [-0.2, 0) is 9.53 Å². The standard InChI is InChI=1S/C26H35ClFN5O2/c1-3-26(4-2)13-17(9-11-35-26)14-31-24-21(28)7-8-22(32-24)19-12-23(30-16-20(19)27)33-25(34)18-6-5-10-29-15-18/h7-8,12,16-18,29H,3-6,9-11,13-15H2,1-2H3,(H,31,32)(H,30,33,34)/t17-,18-/m1/s1.